The van der Waals surface area contributed by atoms with Gasteiger partial charge in [-0.05, 0) is 37.3 Å². The van der Waals surface area contributed by atoms with E-state index >= 15 is 0 Å². The molecule has 0 saturated carbocycles. The summed E-state index contributed by atoms with van der Waals surface area (Å²) in [6.45, 7) is 5.24. The van der Waals surface area contributed by atoms with Crippen molar-refractivity contribution in [3.8, 4) is 0 Å². The molecule has 1 N–H and O–H groups in total. The van der Waals surface area contributed by atoms with Gasteiger partial charge >= 0.3 is 11.9 Å². The Morgan fingerprint density at radius 1 is 1.34 bits per heavy atom. The van der Waals surface area contributed by atoms with Crippen LogP contribution >= 0.6 is 0 Å². The maximum atomic E-state index is 12.6. The normalized spacial score (nSPS) is 24.0. The van der Waals surface area contributed by atoms with Gasteiger partial charge in [0.25, 0.3) is 0 Å². The summed E-state index contributed by atoms with van der Waals surface area (Å²) >= 11 is 0. The number of hydrogen-bond donors (Lipinski definition) is 1. The lowest BCUT2D eigenvalue weighted by atomic mass is 9.75. The number of allylic oxidation sites excluding steroid dienone is 1. The molecule has 0 aliphatic carbocycles. The highest BCUT2D eigenvalue weighted by Crippen LogP contribution is 2.45. The lowest BCUT2D eigenvalue weighted by Crippen LogP contribution is -2.46. The highest BCUT2D eigenvalue weighted by molar-refractivity contribution is 5.85. The minimum absolute atomic E-state index is 0.0228. The molecule has 3 atom stereocenters. The first-order valence-corrected chi connectivity index (χ1v) is 10.2. The van der Waals surface area contributed by atoms with Gasteiger partial charge < -0.3 is 14.5 Å². The number of aromatic nitrogens is 1. The first kappa shape index (κ1) is 19.7. The largest absolute Gasteiger partial charge is 0.469 e. The number of hydrogen-bond acceptors (Lipinski definition) is 5. The molecule has 2 aromatic rings. The van der Waals surface area contributed by atoms with Crippen molar-refractivity contribution in [2.45, 2.75) is 32.7 Å². The number of para-hydroxylation sites is 1. The Bertz CT molecular complexity index is 961. The standard InChI is InChI=1S/C23H28N2O4/c1-4-15-12-25-10-9-17-16-7-5-6-8-20(16)24-22(17)21(25)11-18(15)19(23(27)28-3)13-29-14(2)26/h4-8,18-19,21,24H,9-13H2,1-3H3/b15-4-/t18-,19-,21-/m0/s1. The Morgan fingerprint density at radius 2 is 2.14 bits per heavy atom. The number of ether oxygens (including phenoxy) is 2. The minimum atomic E-state index is -0.494. The first-order valence-electron chi connectivity index (χ1n) is 10.2. The number of piperidine rings is 1. The molecule has 0 unspecified atom stereocenters. The number of esters is 2. The molecule has 2 aliphatic rings. The second-order valence-electron chi connectivity index (χ2n) is 7.94. The van der Waals surface area contributed by atoms with Crippen LogP contribution in [0.5, 0.6) is 0 Å². The summed E-state index contributed by atoms with van der Waals surface area (Å²) in [5.41, 5.74) is 5.02. The van der Waals surface area contributed by atoms with Gasteiger partial charge in [-0.25, -0.2) is 0 Å². The van der Waals surface area contributed by atoms with Crippen LogP contribution in [0.1, 0.15) is 37.6 Å². The van der Waals surface area contributed by atoms with Crippen LogP contribution in [0.2, 0.25) is 0 Å². The van der Waals surface area contributed by atoms with E-state index in [1.54, 1.807) is 0 Å². The predicted molar refractivity (Wildman–Crippen MR) is 110 cm³/mol. The van der Waals surface area contributed by atoms with Crippen LogP contribution in [0.15, 0.2) is 35.9 Å². The summed E-state index contributed by atoms with van der Waals surface area (Å²) in [5, 5.41) is 1.29. The molecule has 1 aromatic heterocycles. The Balaban J connectivity index is 1.69. The maximum absolute atomic E-state index is 12.6. The minimum Gasteiger partial charge on any atom is -0.469 e. The summed E-state index contributed by atoms with van der Waals surface area (Å²) in [7, 11) is 1.39. The van der Waals surface area contributed by atoms with E-state index in [-0.39, 0.29) is 30.5 Å². The van der Waals surface area contributed by atoms with Crippen LogP contribution in [0.4, 0.5) is 0 Å². The number of rotatable bonds is 4. The third-order valence-electron chi connectivity index (χ3n) is 6.44. The van der Waals surface area contributed by atoms with E-state index in [2.05, 4.69) is 40.2 Å². The van der Waals surface area contributed by atoms with Crippen LogP contribution in [-0.2, 0) is 25.5 Å². The van der Waals surface area contributed by atoms with Crippen molar-refractivity contribution < 1.29 is 19.1 Å². The topological polar surface area (TPSA) is 71.6 Å². The molecule has 0 bridgehead atoms. The summed E-state index contributed by atoms with van der Waals surface area (Å²) in [6, 6.07) is 8.64. The van der Waals surface area contributed by atoms with Gasteiger partial charge in [0.05, 0.1) is 19.1 Å². The number of H-pyrrole nitrogens is 1. The van der Waals surface area contributed by atoms with Gasteiger partial charge in [-0.1, -0.05) is 29.8 Å². The van der Waals surface area contributed by atoms with Crippen LogP contribution in [0.25, 0.3) is 10.9 Å². The summed E-state index contributed by atoms with van der Waals surface area (Å²) in [4.78, 5) is 30.1. The van der Waals surface area contributed by atoms with Crippen molar-refractivity contribution in [3.05, 3.63) is 47.2 Å². The van der Waals surface area contributed by atoms with Crippen LogP contribution < -0.4 is 0 Å². The van der Waals surface area contributed by atoms with E-state index in [0.29, 0.717) is 0 Å². The zero-order chi connectivity index (χ0) is 20.5. The summed E-state index contributed by atoms with van der Waals surface area (Å²) < 4.78 is 10.3. The van der Waals surface area contributed by atoms with Gasteiger partial charge in [-0.15, -0.1) is 0 Å². The smallest absolute Gasteiger partial charge is 0.312 e. The number of aromatic amines is 1. The molecule has 6 nitrogen and oxygen atoms in total. The van der Waals surface area contributed by atoms with Crippen molar-refractivity contribution in [1.82, 2.24) is 9.88 Å². The lowest BCUT2D eigenvalue weighted by Gasteiger charge is -2.45. The van der Waals surface area contributed by atoms with Gasteiger partial charge in [0.15, 0.2) is 0 Å². The zero-order valence-electron chi connectivity index (χ0n) is 17.2. The molecule has 1 aromatic carbocycles. The fourth-order valence-corrected chi connectivity index (χ4v) is 5.00. The third kappa shape index (κ3) is 3.57. The van der Waals surface area contributed by atoms with E-state index < -0.39 is 5.92 Å². The van der Waals surface area contributed by atoms with Gasteiger partial charge in [0, 0.05) is 36.6 Å². The SMILES string of the molecule is C/C=C1/CN2CCc3c([nH]c4ccccc34)[C@@H]2C[C@@H]1[C@H](COC(C)=O)C(=O)OC. The van der Waals surface area contributed by atoms with Crippen molar-refractivity contribution >= 4 is 22.8 Å². The predicted octanol–water partition coefficient (Wildman–Crippen LogP) is 3.39. The molecule has 154 valence electrons. The Morgan fingerprint density at radius 3 is 2.86 bits per heavy atom. The number of methoxy groups -OCH3 is 1. The van der Waals surface area contributed by atoms with Gasteiger partial charge in [-0.3, -0.25) is 14.5 Å². The molecule has 2 aliphatic heterocycles. The lowest BCUT2D eigenvalue weighted by molar-refractivity contribution is -0.154. The van der Waals surface area contributed by atoms with Gasteiger partial charge in [0.2, 0.25) is 0 Å². The van der Waals surface area contributed by atoms with E-state index in [4.69, 9.17) is 9.47 Å². The van der Waals surface area contributed by atoms with Crippen molar-refractivity contribution in [2.24, 2.45) is 11.8 Å². The molecule has 4 rings (SSSR count). The van der Waals surface area contributed by atoms with Crippen LogP contribution in [0.3, 0.4) is 0 Å². The average molecular weight is 396 g/mol. The number of nitrogens with zero attached hydrogens (tertiary/aromatic N) is 1. The monoisotopic (exact) mass is 396 g/mol. The third-order valence-corrected chi connectivity index (χ3v) is 6.44. The number of fused-ring (bicyclic) bond motifs is 5. The molecule has 1 saturated heterocycles. The number of carbonyl (C=O) groups is 2. The van der Waals surface area contributed by atoms with Crippen molar-refractivity contribution in [1.29, 1.82) is 0 Å². The van der Waals surface area contributed by atoms with E-state index in [0.717, 1.165) is 31.4 Å². The molecular weight excluding hydrogens is 368 g/mol. The average Bonchev–Trinajstić information content (AvgIpc) is 3.12. The number of nitrogens with one attached hydrogen (secondary N) is 1. The Kier molecular flexibility index (Phi) is 5.46. The number of carbonyl (C=O) groups excluding carboxylic acids is 2. The fraction of sp³-hybridized carbons (Fsp3) is 0.478. The van der Waals surface area contributed by atoms with Gasteiger partial charge in [0.1, 0.15) is 6.61 Å². The van der Waals surface area contributed by atoms with Gasteiger partial charge in [-0.2, -0.15) is 0 Å². The summed E-state index contributed by atoms with van der Waals surface area (Å²) in [5.74, 6) is -1.22. The Labute approximate surface area is 170 Å². The Hall–Kier alpha value is -2.60. The molecular formula is C23H28N2O4. The number of benzene rings is 1. The maximum Gasteiger partial charge on any atom is 0.312 e. The van der Waals surface area contributed by atoms with Crippen molar-refractivity contribution in [3.63, 3.8) is 0 Å². The van der Waals surface area contributed by atoms with Crippen LogP contribution in [0, 0.1) is 11.8 Å². The molecule has 1 fully saturated rings. The molecule has 3 heterocycles. The highest BCUT2D eigenvalue weighted by Gasteiger charge is 2.42. The zero-order valence-corrected chi connectivity index (χ0v) is 17.2. The molecule has 0 amide bonds. The fourth-order valence-electron chi connectivity index (χ4n) is 5.00. The molecule has 6 heteroatoms. The molecule has 0 spiro atoms. The van der Waals surface area contributed by atoms with E-state index in [1.807, 2.05) is 6.92 Å². The quantitative estimate of drug-likeness (QED) is 0.634. The molecule has 0 radical (unpaired) electrons. The second kappa shape index (κ2) is 8.03. The first-order chi connectivity index (χ1) is 14.0. The van der Waals surface area contributed by atoms with E-state index in [9.17, 15) is 9.59 Å². The molecule has 29 heavy (non-hydrogen) atoms. The highest BCUT2D eigenvalue weighted by atomic mass is 16.5. The van der Waals surface area contributed by atoms with Crippen LogP contribution in [-0.4, -0.2) is 48.6 Å². The second-order valence-corrected chi connectivity index (χ2v) is 7.94. The van der Waals surface area contributed by atoms with Crippen molar-refractivity contribution in [2.75, 3.05) is 26.8 Å². The summed E-state index contributed by atoms with van der Waals surface area (Å²) in [6.07, 6.45) is 3.91. The van der Waals surface area contributed by atoms with E-state index in [1.165, 1.54) is 36.3 Å².